The zero-order valence-corrected chi connectivity index (χ0v) is 11.5. The maximum atomic E-state index is 11.0. The predicted octanol–water partition coefficient (Wildman–Crippen LogP) is 2.09. The molecule has 1 aromatic rings. The van der Waals surface area contributed by atoms with Crippen LogP contribution >= 0.6 is 11.6 Å². The largest absolute Gasteiger partial charge is 0.493 e. The molecule has 0 radical (unpaired) electrons. The lowest BCUT2D eigenvalue weighted by molar-refractivity contribution is -0.141. The van der Waals surface area contributed by atoms with Gasteiger partial charge in [-0.3, -0.25) is 4.79 Å². The van der Waals surface area contributed by atoms with Crippen LogP contribution in [0.3, 0.4) is 0 Å². The summed E-state index contributed by atoms with van der Waals surface area (Å²) in [6.45, 7) is 0.449. The highest BCUT2D eigenvalue weighted by atomic mass is 35.5. The predicted molar refractivity (Wildman–Crippen MR) is 71.0 cm³/mol. The van der Waals surface area contributed by atoms with E-state index in [4.69, 9.17) is 26.2 Å². The molecule has 2 unspecified atom stereocenters. The Kier molecular flexibility index (Phi) is 4.17. The lowest BCUT2D eigenvalue weighted by atomic mass is 9.99. The number of rotatable bonds is 4. The molecular formula is C13H16ClNO4. The highest BCUT2D eigenvalue weighted by molar-refractivity contribution is 6.31. The number of aliphatic carboxylic acids is 1. The van der Waals surface area contributed by atoms with Gasteiger partial charge in [0.15, 0.2) is 11.5 Å². The van der Waals surface area contributed by atoms with E-state index in [2.05, 4.69) is 5.32 Å². The Labute approximate surface area is 116 Å². The van der Waals surface area contributed by atoms with Gasteiger partial charge in [-0.2, -0.15) is 0 Å². The van der Waals surface area contributed by atoms with Crippen LogP contribution < -0.4 is 14.8 Å². The molecule has 104 valence electrons. The molecule has 2 rings (SSSR count). The van der Waals surface area contributed by atoms with Gasteiger partial charge >= 0.3 is 5.97 Å². The zero-order chi connectivity index (χ0) is 14.0. The van der Waals surface area contributed by atoms with Gasteiger partial charge in [-0.15, -0.1) is 0 Å². The monoisotopic (exact) mass is 285 g/mol. The van der Waals surface area contributed by atoms with E-state index < -0.39 is 5.97 Å². The molecule has 1 aliphatic rings. The van der Waals surface area contributed by atoms with Crippen molar-refractivity contribution in [1.29, 1.82) is 0 Å². The lowest BCUT2D eigenvalue weighted by Crippen LogP contribution is -2.17. The standard InChI is InChI=1S/C13H16ClNO4/c1-18-11-4-8(9(14)5-12(11)19-2)10-3-7(6-15-10)13(16)17/h4-5,7,10,15H,3,6H2,1-2H3,(H,16,17). The molecule has 0 bridgehead atoms. The van der Waals surface area contributed by atoms with E-state index in [-0.39, 0.29) is 12.0 Å². The molecule has 0 aliphatic carbocycles. The molecule has 0 amide bonds. The average Bonchev–Trinajstić information content (AvgIpc) is 2.87. The number of carboxylic acids is 1. The van der Waals surface area contributed by atoms with E-state index in [1.165, 1.54) is 0 Å². The van der Waals surface area contributed by atoms with Gasteiger partial charge in [0.2, 0.25) is 0 Å². The molecule has 0 saturated carbocycles. The van der Waals surface area contributed by atoms with Crippen LogP contribution in [-0.4, -0.2) is 31.8 Å². The summed E-state index contributed by atoms with van der Waals surface area (Å²) in [5.41, 5.74) is 0.836. The molecule has 5 nitrogen and oxygen atoms in total. The molecule has 1 aromatic carbocycles. The summed E-state index contributed by atoms with van der Waals surface area (Å²) in [6, 6.07) is 3.41. The van der Waals surface area contributed by atoms with Gasteiger partial charge in [0, 0.05) is 23.7 Å². The summed E-state index contributed by atoms with van der Waals surface area (Å²) in [6.07, 6.45) is 0.518. The van der Waals surface area contributed by atoms with Crippen molar-refractivity contribution < 1.29 is 19.4 Å². The highest BCUT2D eigenvalue weighted by Crippen LogP contribution is 2.39. The van der Waals surface area contributed by atoms with Crippen LogP contribution in [0.15, 0.2) is 12.1 Å². The van der Waals surface area contributed by atoms with E-state index in [9.17, 15) is 4.79 Å². The van der Waals surface area contributed by atoms with Gasteiger partial charge in [0.05, 0.1) is 20.1 Å². The Morgan fingerprint density at radius 1 is 1.37 bits per heavy atom. The lowest BCUT2D eigenvalue weighted by Gasteiger charge is -2.16. The first-order chi connectivity index (χ1) is 9.06. The SMILES string of the molecule is COc1cc(Cl)c(C2CC(C(=O)O)CN2)cc1OC. The maximum absolute atomic E-state index is 11.0. The second-order valence-electron chi connectivity index (χ2n) is 4.46. The molecule has 1 heterocycles. The van der Waals surface area contributed by atoms with E-state index in [0.29, 0.717) is 29.5 Å². The number of carbonyl (C=O) groups is 1. The Morgan fingerprint density at radius 2 is 2.00 bits per heavy atom. The fourth-order valence-electron chi connectivity index (χ4n) is 2.30. The Bertz CT molecular complexity index is 492. The minimum Gasteiger partial charge on any atom is -0.493 e. The van der Waals surface area contributed by atoms with Gasteiger partial charge in [0.1, 0.15) is 0 Å². The summed E-state index contributed by atoms with van der Waals surface area (Å²) >= 11 is 6.22. The highest BCUT2D eigenvalue weighted by Gasteiger charge is 2.31. The molecule has 2 N–H and O–H groups in total. The quantitative estimate of drug-likeness (QED) is 0.887. The first kappa shape index (κ1) is 14.0. The summed E-state index contributed by atoms with van der Waals surface area (Å²) in [7, 11) is 3.10. The van der Waals surface area contributed by atoms with Crippen molar-refractivity contribution in [3.63, 3.8) is 0 Å². The maximum Gasteiger partial charge on any atom is 0.307 e. The molecule has 1 saturated heterocycles. The third kappa shape index (κ3) is 2.77. The third-order valence-corrected chi connectivity index (χ3v) is 3.69. The average molecular weight is 286 g/mol. The minimum absolute atomic E-state index is 0.0755. The third-order valence-electron chi connectivity index (χ3n) is 3.36. The van der Waals surface area contributed by atoms with Crippen molar-refractivity contribution in [3.8, 4) is 11.5 Å². The van der Waals surface area contributed by atoms with Crippen LogP contribution in [0.4, 0.5) is 0 Å². The summed E-state index contributed by atoms with van der Waals surface area (Å²) in [4.78, 5) is 11.0. The molecule has 6 heteroatoms. The molecular weight excluding hydrogens is 270 g/mol. The van der Waals surface area contributed by atoms with Crippen LogP contribution in [0, 0.1) is 5.92 Å². The summed E-state index contributed by atoms with van der Waals surface area (Å²) in [5.74, 6) is -0.0210. The smallest absolute Gasteiger partial charge is 0.307 e. The van der Waals surface area contributed by atoms with Gasteiger partial charge in [0.25, 0.3) is 0 Å². The van der Waals surface area contributed by atoms with E-state index in [1.54, 1.807) is 26.4 Å². The number of carboxylic acid groups (broad SMARTS) is 1. The van der Waals surface area contributed by atoms with Gasteiger partial charge in [-0.05, 0) is 18.1 Å². The molecule has 1 aliphatic heterocycles. The van der Waals surface area contributed by atoms with E-state index >= 15 is 0 Å². The van der Waals surface area contributed by atoms with Crippen molar-refractivity contribution in [2.75, 3.05) is 20.8 Å². The minimum atomic E-state index is -0.786. The number of methoxy groups -OCH3 is 2. The fraction of sp³-hybridized carbons (Fsp3) is 0.462. The van der Waals surface area contributed by atoms with Crippen molar-refractivity contribution in [3.05, 3.63) is 22.7 Å². The Morgan fingerprint density at radius 3 is 2.53 bits per heavy atom. The first-order valence-electron chi connectivity index (χ1n) is 5.94. The van der Waals surface area contributed by atoms with Crippen molar-refractivity contribution in [1.82, 2.24) is 5.32 Å². The molecule has 1 fully saturated rings. The van der Waals surface area contributed by atoms with Crippen LogP contribution in [-0.2, 0) is 4.79 Å². The van der Waals surface area contributed by atoms with E-state index in [0.717, 1.165) is 5.56 Å². The van der Waals surface area contributed by atoms with Crippen LogP contribution in [0.5, 0.6) is 11.5 Å². The second-order valence-corrected chi connectivity index (χ2v) is 4.87. The van der Waals surface area contributed by atoms with Gasteiger partial charge in [-0.1, -0.05) is 11.6 Å². The number of hydrogen-bond donors (Lipinski definition) is 2. The number of benzene rings is 1. The van der Waals surface area contributed by atoms with Crippen molar-refractivity contribution >= 4 is 17.6 Å². The number of hydrogen-bond acceptors (Lipinski definition) is 4. The Balaban J connectivity index is 2.28. The van der Waals surface area contributed by atoms with Gasteiger partial charge in [-0.25, -0.2) is 0 Å². The molecule has 0 aromatic heterocycles. The number of ether oxygens (including phenoxy) is 2. The molecule has 0 spiro atoms. The molecule has 2 atom stereocenters. The van der Waals surface area contributed by atoms with Crippen molar-refractivity contribution in [2.24, 2.45) is 5.92 Å². The Hall–Kier alpha value is -1.46. The summed E-state index contributed by atoms with van der Waals surface area (Å²) in [5, 5.41) is 12.7. The zero-order valence-electron chi connectivity index (χ0n) is 10.8. The second kappa shape index (κ2) is 5.67. The van der Waals surface area contributed by atoms with Crippen molar-refractivity contribution in [2.45, 2.75) is 12.5 Å². The fourth-order valence-corrected chi connectivity index (χ4v) is 2.58. The van der Waals surface area contributed by atoms with E-state index in [1.807, 2.05) is 0 Å². The van der Waals surface area contributed by atoms with Crippen LogP contribution in [0.25, 0.3) is 0 Å². The van der Waals surface area contributed by atoms with Crippen LogP contribution in [0.1, 0.15) is 18.0 Å². The van der Waals surface area contributed by atoms with Crippen LogP contribution in [0.2, 0.25) is 5.02 Å². The number of nitrogens with one attached hydrogen (secondary N) is 1. The molecule has 19 heavy (non-hydrogen) atoms. The normalized spacial score (nSPS) is 22.3. The topological polar surface area (TPSA) is 67.8 Å². The van der Waals surface area contributed by atoms with Gasteiger partial charge < -0.3 is 19.9 Å². The first-order valence-corrected chi connectivity index (χ1v) is 6.32. The summed E-state index contributed by atoms with van der Waals surface area (Å²) < 4.78 is 10.4. The number of halogens is 1.